The summed E-state index contributed by atoms with van der Waals surface area (Å²) in [5.41, 5.74) is 0.560. The first-order valence-electron chi connectivity index (χ1n) is 13.7. The Morgan fingerprint density at radius 1 is 1.03 bits per heavy atom. The Labute approximate surface area is 202 Å². The Morgan fingerprint density at radius 2 is 1.67 bits per heavy atom. The van der Waals surface area contributed by atoms with Crippen molar-refractivity contribution in [3.05, 3.63) is 11.6 Å². The van der Waals surface area contributed by atoms with Crippen LogP contribution in [0.25, 0.3) is 0 Å². The molecule has 188 valence electrons. The van der Waals surface area contributed by atoms with Gasteiger partial charge >= 0.3 is 0 Å². The average Bonchev–Trinajstić information content (AvgIpc) is 3.08. The van der Waals surface area contributed by atoms with Gasteiger partial charge in [-0.2, -0.15) is 0 Å². The molecule has 0 aromatic rings. The number of aliphatic hydroxyl groups excluding tert-OH is 1. The summed E-state index contributed by atoms with van der Waals surface area (Å²) in [6.07, 6.45) is 10.4. The van der Waals surface area contributed by atoms with E-state index in [0.717, 1.165) is 51.4 Å². The van der Waals surface area contributed by atoms with Crippen LogP contribution in [0.4, 0.5) is 0 Å². The van der Waals surface area contributed by atoms with Gasteiger partial charge in [0.25, 0.3) is 0 Å². The first-order valence-corrected chi connectivity index (χ1v) is 13.7. The third kappa shape index (κ3) is 3.53. The van der Waals surface area contributed by atoms with Crippen molar-refractivity contribution >= 4 is 5.78 Å². The molecule has 4 saturated carbocycles. The van der Waals surface area contributed by atoms with Crippen molar-refractivity contribution in [1.82, 2.24) is 0 Å². The molecule has 9 atom stereocenters. The highest BCUT2D eigenvalue weighted by Gasteiger charge is 2.71. The van der Waals surface area contributed by atoms with Crippen molar-refractivity contribution in [2.45, 2.75) is 125 Å². The molecule has 33 heavy (non-hydrogen) atoms. The topological polar surface area (TPSA) is 57.5 Å². The predicted octanol–water partition coefficient (Wildman–Crippen LogP) is 6.71. The molecule has 0 radical (unpaired) electrons. The van der Waals surface area contributed by atoms with E-state index >= 15 is 0 Å². The lowest BCUT2D eigenvalue weighted by Crippen LogP contribution is -2.66. The van der Waals surface area contributed by atoms with Gasteiger partial charge in [-0.15, -0.1) is 0 Å². The molecule has 4 aliphatic rings. The standard InChI is InChI=1S/C30H50O3/c1-19(2)10-9-14-30(8,33)20-11-16-29(7)25(20)21(31)18-23-27(5)15-13-24(32)26(3,4)22(27)12-17-28(23,29)6/h10,20-23,25,31,33H,9,11-18H2,1-8H3/t20-,21+,22-,23+,25-,27-,28+,29+,30?/m0/s1. The van der Waals surface area contributed by atoms with Gasteiger partial charge in [-0.05, 0) is 112 Å². The Kier molecular flexibility index (Phi) is 6.10. The summed E-state index contributed by atoms with van der Waals surface area (Å²) in [5, 5.41) is 23.4. The summed E-state index contributed by atoms with van der Waals surface area (Å²) in [6, 6.07) is 0. The molecule has 0 bridgehead atoms. The van der Waals surface area contributed by atoms with Crippen LogP contribution < -0.4 is 0 Å². The van der Waals surface area contributed by atoms with Gasteiger partial charge in [0.2, 0.25) is 0 Å². The maximum atomic E-state index is 12.9. The third-order valence-electron chi connectivity index (χ3n) is 12.1. The monoisotopic (exact) mass is 458 g/mol. The lowest BCUT2D eigenvalue weighted by molar-refractivity contribution is -0.232. The van der Waals surface area contributed by atoms with Crippen molar-refractivity contribution in [2.75, 3.05) is 0 Å². The van der Waals surface area contributed by atoms with E-state index in [1.807, 2.05) is 6.92 Å². The molecule has 0 spiro atoms. The van der Waals surface area contributed by atoms with Gasteiger partial charge in [0, 0.05) is 11.8 Å². The molecular formula is C30H50O3. The molecule has 4 fully saturated rings. The Morgan fingerprint density at radius 3 is 2.30 bits per heavy atom. The summed E-state index contributed by atoms with van der Waals surface area (Å²) in [6.45, 7) is 18.0. The maximum absolute atomic E-state index is 12.9. The number of Topliss-reactive ketones (excluding diaryl/α,β-unsaturated/α-hetero) is 1. The fourth-order valence-corrected chi connectivity index (χ4v) is 10.1. The maximum Gasteiger partial charge on any atom is 0.138 e. The number of allylic oxidation sites excluding steroid dienone is 2. The van der Waals surface area contributed by atoms with Crippen LogP contribution in [0.3, 0.4) is 0 Å². The molecule has 0 aliphatic heterocycles. The van der Waals surface area contributed by atoms with Crippen LogP contribution in [0.15, 0.2) is 11.6 Å². The number of carbonyl (C=O) groups is 1. The van der Waals surface area contributed by atoms with E-state index in [1.54, 1.807) is 0 Å². The van der Waals surface area contributed by atoms with Crippen molar-refractivity contribution in [3.8, 4) is 0 Å². The largest absolute Gasteiger partial charge is 0.393 e. The smallest absolute Gasteiger partial charge is 0.138 e. The molecule has 4 rings (SSSR count). The zero-order valence-corrected chi connectivity index (χ0v) is 22.6. The first-order chi connectivity index (χ1) is 15.1. The first kappa shape index (κ1) is 25.4. The summed E-state index contributed by atoms with van der Waals surface area (Å²) in [7, 11) is 0. The van der Waals surface area contributed by atoms with Crippen molar-refractivity contribution in [2.24, 2.45) is 45.3 Å². The minimum Gasteiger partial charge on any atom is -0.393 e. The van der Waals surface area contributed by atoms with Crippen molar-refractivity contribution < 1.29 is 15.0 Å². The number of fused-ring (bicyclic) bond motifs is 5. The molecule has 1 unspecified atom stereocenters. The molecule has 3 heteroatoms. The van der Waals surface area contributed by atoms with Crippen molar-refractivity contribution in [1.29, 1.82) is 0 Å². The molecule has 0 heterocycles. The number of ketones is 1. The van der Waals surface area contributed by atoms with Crippen LogP contribution in [0.2, 0.25) is 0 Å². The minimum atomic E-state index is -0.751. The van der Waals surface area contributed by atoms with E-state index in [0.29, 0.717) is 24.0 Å². The molecular weight excluding hydrogens is 408 g/mol. The second-order valence-corrected chi connectivity index (χ2v) is 14.3. The van der Waals surface area contributed by atoms with E-state index in [2.05, 4.69) is 54.5 Å². The highest BCUT2D eigenvalue weighted by Crippen LogP contribution is 2.75. The second-order valence-electron chi connectivity index (χ2n) is 14.3. The average molecular weight is 459 g/mol. The third-order valence-corrected chi connectivity index (χ3v) is 12.1. The van der Waals surface area contributed by atoms with E-state index in [-0.39, 0.29) is 39.6 Å². The zero-order chi connectivity index (χ0) is 24.6. The van der Waals surface area contributed by atoms with E-state index in [4.69, 9.17) is 0 Å². The lowest BCUT2D eigenvalue weighted by atomic mass is 9.35. The van der Waals surface area contributed by atoms with Gasteiger partial charge in [0.15, 0.2) is 0 Å². The fraction of sp³-hybridized carbons (Fsp3) is 0.900. The molecule has 3 nitrogen and oxygen atoms in total. The highest BCUT2D eigenvalue weighted by molar-refractivity contribution is 5.85. The van der Waals surface area contributed by atoms with Gasteiger partial charge in [0.05, 0.1) is 11.7 Å². The number of aliphatic hydroxyl groups is 2. The van der Waals surface area contributed by atoms with E-state index in [1.165, 1.54) is 5.57 Å². The number of hydrogen-bond acceptors (Lipinski definition) is 3. The Balaban J connectivity index is 1.67. The molecule has 0 aromatic heterocycles. The van der Waals surface area contributed by atoms with E-state index in [9.17, 15) is 15.0 Å². The summed E-state index contributed by atoms with van der Waals surface area (Å²) in [5.74, 6) is 1.57. The fourth-order valence-electron chi connectivity index (χ4n) is 10.1. The number of hydrogen-bond donors (Lipinski definition) is 2. The highest BCUT2D eigenvalue weighted by atomic mass is 16.3. The molecule has 4 aliphatic carbocycles. The second kappa shape index (κ2) is 7.92. The Bertz CT molecular complexity index is 820. The van der Waals surface area contributed by atoms with Crippen LogP contribution in [-0.4, -0.2) is 27.7 Å². The molecule has 2 N–H and O–H groups in total. The quantitative estimate of drug-likeness (QED) is 0.460. The molecule has 0 aromatic carbocycles. The van der Waals surface area contributed by atoms with Gasteiger partial charge in [-0.25, -0.2) is 0 Å². The summed E-state index contributed by atoms with van der Waals surface area (Å²) in [4.78, 5) is 12.9. The molecule has 0 amide bonds. The number of rotatable bonds is 4. The zero-order valence-electron chi connectivity index (χ0n) is 22.6. The Hall–Kier alpha value is -0.670. The predicted molar refractivity (Wildman–Crippen MR) is 135 cm³/mol. The van der Waals surface area contributed by atoms with Gasteiger partial charge in [0.1, 0.15) is 5.78 Å². The summed E-state index contributed by atoms with van der Waals surface area (Å²) < 4.78 is 0. The van der Waals surface area contributed by atoms with Crippen LogP contribution in [0.1, 0.15) is 113 Å². The van der Waals surface area contributed by atoms with Gasteiger partial charge < -0.3 is 10.2 Å². The summed E-state index contributed by atoms with van der Waals surface area (Å²) >= 11 is 0. The van der Waals surface area contributed by atoms with Crippen LogP contribution in [0.5, 0.6) is 0 Å². The van der Waals surface area contributed by atoms with E-state index < -0.39 is 5.60 Å². The lowest BCUT2D eigenvalue weighted by Gasteiger charge is -2.69. The van der Waals surface area contributed by atoms with Gasteiger partial charge in [-0.3, -0.25) is 4.79 Å². The van der Waals surface area contributed by atoms with Crippen LogP contribution in [0, 0.1) is 45.3 Å². The number of carbonyl (C=O) groups excluding carboxylic acids is 1. The van der Waals surface area contributed by atoms with Crippen molar-refractivity contribution in [3.63, 3.8) is 0 Å². The van der Waals surface area contributed by atoms with Gasteiger partial charge in [-0.1, -0.05) is 46.3 Å². The minimum absolute atomic E-state index is 0.0279. The normalized spacial score (nSPS) is 48.3. The van der Waals surface area contributed by atoms with Crippen LogP contribution in [-0.2, 0) is 4.79 Å². The molecule has 0 saturated heterocycles. The SMILES string of the molecule is CC(C)=CCCC(C)(O)[C@H]1CC[C@]2(C)[C@@H]1[C@H](O)C[C@@H]1[C@@]3(C)CCC(=O)C(C)(C)[C@@H]3CC[C@]12C. The van der Waals surface area contributed by atoms with Crippen LogP contribution >= 0.6 is 0 Å².